The van der Waals surface area contributed by atoms with Crippen LogP contribution in [0.1, 0.15) is 75.3 Å². The summed E-state index contributed by atoms with van der Waals surface area (Å²) in [6, 6.07) is 3.49. The predicted octanol–water partition coefficient (Wildman–Crippen LogP) is 6.13. The van der Waals surface area contributed by atoms with Gasteiger partial charge in [-0.25, -0.2) is 0 Å². The molecule has 2 aliphatic rings. The molecule has 0 spiro atoms. The number of nitrogens with zero attached hydrogens (tertiary/aromatic N) is 2. The van der Waals surface area contributed by atoms with Crippen molar-refractivity contribution in [1.29, 1.82) is 0 Å². The smallest absolute Gasteiger partial charge is 0.416 e. The zero-order valence-electron chi connectivity index (χ0n) is 20.2. The molecule has 2 atom stereocenters. The van der Waals surface area contributed by atoms with Gasteiger partial charge in [-0.3, -0.25) is 9.89 Å². The van der Waals surface area contributed by atoms with Crippen molar-refractivity contribution < 1.29 is 22.7 Å². The second kappa shape index (κ2) is 9.62. The lowest BCUT2D eigenvalue weighted by molar-refractivity contribution is -0.150. The molecule has 1 aromatic heterocycles. The fourth-order valence-corrected chi connectivity index (χ4v) is 5.64. The summed E-state index contributed by atoms with van der Waals surface area (Å²) in [5, 5.41) is 7.31. The minimum Gasteiger partial charge on any atom is -0.473 e. The molecule has 186 valence electrons. The topological polar surface area (TPSA) is 58.2 Å². The number of aromatic amines is 1. The standard InChI is InChI=1S/C26H34F3N3O2/c1-4-5-22-19(14-30-31-22)7-6-18-10-11-25(13-18,17(2)3)24(33)32-15-20-12-21(26(27,28)29)8-9-23(20)34-16-32/h8-9,12,14,17-18H,4-7,10-11,13,15-16H2,1-3H3,(H,30,31)/t18-,25+/m1/s1. The summed E-state index contributed by atoms with van der Waals surface area (Å²) in [6.45, 7) is 6.53. The number of alkyl halides is 3. The molecule has 34 heavy (non-hydrogen) atoms. The average molecular weight is 478 g/mol. The van der Waals surface area contributed by atoms with Crippen molar-refractivity contribution in [3.8, 4) is 5.75 Å². The van der Waals surface area contributed by atoms with Gasteiger partial charge in [0.15, 0.2) is 6.73 Å². The summed E-state index contributed by atoms with van der Waals surface area (Å²) in [6.07, 6.45) is 4.07. The van der Waals surface area contributed by atoms with Gasteiger partial charge in [-0.05, 0) is 74.1 Å². The molecule has 0 unspecified atom stereocenters. The summed E-state index contributed by atoms with van der Waals surface area (Å²) in [4.78, 5) is 15.4. The number of rotatable bonds is 7. The van der Waals surface area contributed by atoms with Crippen LogP contribution in [0.4, 0.5) is 13.2 Å². The number of hydrogen-bond acceptors (Lipinski definition) is 3. The number of hydrogen-bond donors (Lipinski definition) is 1. The van der Waals surface area contributed by atoms with E-state index in [9.17, 15) is 18.0 Å². The third kappa shape index (κ3) is 4.82. The van der Waals surface area contributed by atoms with Crippen LogP contribution in [0.5, 0.6) is 5.75 Å². The maximum Gasteiger partial charge on any atom is 0.416 e. The molecule has 0 radical (unpaired) electrons. The normalized spacial score (nSPS) is 22.7. The Hall–Kier alpha value is -2.51. The fraction of sp³-hybridized carbons (Fsp3) is 0.615. The van der Waals surface area contributed by atoms with Crippen LogP contribution >= 0.6 is 0 Å². The number of nitrogens with one attached hydrogen (secondary N) is 1. The van der Waals surface area contributed by atoms with E-state index in [2.05, 4.69) is 31.0 Å². The van der Waals surface area contributed by atoms with Gasteiger partial charge in [0.2, 0.25) is 5.91 Å². The first kappa shape index (κ1) is 24.6. The van der Waals surface area contributed by atoms with Crippen molar-refractivity contribution in [3.63, 3.8) is 0 Å². The van der Waals surface area contributed by atoms with Gasteiger partial charge in [-0.15, -0.1) is 0 Å². The Kier molecular flexibility index (Phi) is 6.97. The van der Waals surface area contributed by atoms with Crippen molar-refractivity contribution >= 4 is 5.91 Å². The number of amides is 1. The molecular formula is C26H34F3N3O2. The van der Waals surface area contributed by atoms with Crippen molar-refractivity contribution in [2.75, 3.05) is 6.73 Å². The monoisotopic (exact) mass is 477 g/mol. The van der Waals surface area contributed by atoms with Gasteiger partial charge in [-0.2, -0.15) is 18.3 Å². The second-order valence-electron chi connectivity index (χ2n) is 10.2. The first-order chi connectivity index (χ1) is 16.1. The number of H-pyrrole nitrogens is 1. The third-order valence-corrected chi connectivity index (χ3v) is 7.72. The number of benzene rings is 1. The van der Waals surface area contributed by atoms with Crippen LogP contribution < -0.4 is 4.74 Å². The average Bonchev–Trinajstić information content (AvgIpc) is 3.44. The lowest BCUT2D eigenvalue weighted by atomic mass is 9.73. The number of halogens is 3. The molecule has 1 aliphatic carbocycles. The van der Waals surface area contributed by atoms with Crippen LogP contribution in [0, 0.1) is 17.3 Å². The first-order valence-corrected chi connectivity index (χ1v) is 12.3. The maximum absolute atomic E-state index is 13.8. The largest absolute Gasteiger partial charge is 0.473 e. The quantitative estimate of drug-likeness (QED) is 0.522. The molecule has 4 rings (SSSR count). The SMILES string of the molecule is CCCc1[nH]ncc1CC[C@@H]1CC[C@@](C(=O)N2COc3ccc(C(F)(F)F)cc3C2)(C(C)C)C1. The van der Waals surface area contributed by atoms with E-state index in [1.807, 2.05) is 6.20 Å². The number of carbonyl (C=O) groups excluding carboxylic acids is 1. The molecule has 1 aromatic carbocycles. The summed E-state index contributed by atoms with van der Waals surface area (Å²) in [7, 11) is 0. The molecular weight excluding hydrogens is 443 g/mol. The Morgan fingerprint density at radius 1 is 1.32 bits per heavy atom. The van der Waals surface area contributed by atoms with Crippen LogP contribution in [-0.2, 0) is 30.4 Å². The van der Waals surface area contributed by atoms with Gasteiger partial charge < -0.3 is 9.64 Å². The first-order valence-electron chi connectivity index (χ1n) is 12.3. The van der Waals surface area contributed by atoms with Gasteiger partial charge in [-0.1, -0.05) is 27.2 Å². The van der Waals surface area contributed by atoms with E-state index in [0.717, 1.165) is 57.1 Å². The van der Waals surface area contributed by atoms with Crippen molar-refractivity contribution in [2.45, 2.75) is 78.4 Å². The fourth-order valence-electron chi connectivity index (χ4n) is 5.64. The van der Waals surface area contributed by atoms with Crippen LogP contribution in [0.2, 0.25) is 0 Å². The Balaban J connectivity index is 1.45. The summed E-state index contributed by atoms with van der Waals surface area (Å²) in [5.74, 6) is 0.994. The van der Waals surface area contributed by atoms with E-state index in [1.54, 1.807) is 4.90 Å². The van der Waals surface area contributed by atoms with E-state index < -0.39 is 17.2 Å². The highest BCUT2D eigenvalue weighted by Gasteiger charge is 2.49. The zero-order valence-corrected chi connectivity index (χ0v) is 20.2. The van der Waals surface area contributed by atoms with E-state index >= 15 is 0 Å². The van der Waals surface area contributed by atoms with Crippen molar-refractivity contribution in [2.24, 2.45) is 17.3 Å². The molecule has 1 amide bonds. The molecule has 2 heterocycles. The number of carbonyl (C=O) groups is 1. The number of aryl methyl sites for hydroxylation is 2. The molecule has 0 bridgehead atoms. The van der Waals surface area contributed by atoms with Gasteiger partial charge in [0, 0.05) is 11.3 Å². The minimum atomic E-state index is -4.43. The minimum absolute atomic E-state index is 0.00282. The predicted molar refractivity (Wildman–Crippen MR) is 123 cm³/mol. The second-order valence-corrected chi connectivity index (χ2v) is 10.2. The highest BCUT2D eigenvalue weighted by Crippen LogP contribution is 2.50. The van der Waals surface area contributed by atoms with Crippen LogP contribution in [0.15, 0.2) is 24.4 Å². The van der Waals surface area contributed by atoms with Crippen LogP contribution in [-0.4, -0.2) is 27.7 Å². The third-order valence-electron chi connectivity index (χ3n) is 7.72. The van der Waals surface area contributed by atoms with E-state index in [0.29, 0.717) is 17.2 Å². The lowest BCUT2D eigenvalue weighted by Gasteiger charge is -2.39. The van der Waals surface area contributed by atoms with Gasteiger partial charge in [0.1, 0.15) is 5.75 Å². The number of aromatic nitrogens is 2. The molecule has 2 aromatic rings. The van der Waals surface area contributed by atoms with Crippen molar-refractivity contribution in [3.05, 3.63) is 46.8 Å². The molecule has 8 heteroatoms. The summed E-state index contributed by atoms with van der Waals surface area (Å²) < 4.78 is 45.2. The van der Waals surface area contributed by atoms with E-state index in [1.165, 1.54) is 17.3 Å². The Morgan fingerprint density at radius 3 is 2.82 bits per heavy atom. The highest BCUT2D eigenvalue weighted by molar-refractivity contribution is 5.83. The Labute approximate surface area is 199 Å². The van der Waals surface area contributed by atoms with Gasteiger partial charge in [0.25, 0.3) is 0 Å². The highest BCUT2D eigenvalue weighted by atomic mass is 19.4. The van der Waals surface area contributed by atoms with Crippen LogP contribution in [0.3, 0.4) is 0 Å². The Morgan fingerprint density at radius 2 is 2.12 bits per heavy atom. The van der Waals surface area contributed by atoms with Crippen LogP contribution in [0.25, 0.3) is 0 Å². The molecule has 1 aliphatic heterocycles. The molecule has 1 N–H and O–H groups in total. The summed E-state index contributed by atoms with van der Waals surface area (Å²) >= 11 is 0. The molecule has 5 nitrogen and oxygen atoms in total. The zero-order chi connectivity index (χ0) is 24.5. The lowest BCUT2D eigenvalue weighted by Crippen LogP contribution is -2.48. The van der Waals surface area contributed by atoms with Crippen molar-refractivity contribution in [1.82, 2.24) is 15.1 Å². The number of fused-ring (bicyclic) bond motifs is 1. The number of ether oxygens (including phenoxy) is 1. The molecule has 1 fully saturated rings. The molecule has 1 saturated carbocycles. The van der Waals surface area contributed by atoms with E-state index in [4.69, 9.17) is 4.74 Å². The van der Waals surface area contributed by atoms with E-state index in [-0.39, 0.29) is 25.1 Å². The maximum atomic E-state index is 13.8. The summed E-state index contributed by atoms with van der Waals surface area (Å²) in [5.41, 5.74) is 1.65. The van der Waals surface area contributed by atoms with Gasteiger partial charge in [0.05, 0.1) is 23.7 Å². The van der Waals surface area contributed by atoms with Gasteiger partial charge >= 0.3 is 6.18 Å². The molecule has 0 saturated heterocycles. The Bertz CT molecular complexity index is 1020.